The Kier molecular flexibility index (Phi) is 5.21. The minimum absolute atomic E-state index is 0.0925. The fraction of sp³-hybridized carbons (Fsp3) is 0.136. The molecular weight excluding hydrogens is 382 g/mol. The van der Waals surface area contributed by atoms with Gasteiger partial charge >= 0.3 is 11.6 Å². The molecule has 150 valence electrons. The molecule has 2 aromatic carbocycles. The van der Waals surface area contributed by atoms with Gasteiger partial charge in [0.15, 0.2) is 5.75 Å². The molecule has 0 aliphatic heterocycles. The third-order valence-electron chi connectivity index (χ3n) is 4.58. The quantitative estimate of drug-likeness (QED) is 0.360. The summed E-state index contributed by atoms with van der Waals surface area (Å²) >= 11 is 0. The number of aryl methyl sites for hydroxylation is 2. The van der Waals surface area contributed by atoms with E-state index < -0.39 is 4.92 Å². The van der Waals surface area contributed by atoms with Crippen LogP contribution in [0.2, 0.25) is 0 Å². The minimum atomic E-state index is -0.545. The average Bonchev–Trinajstić information content (AvgIpc) is 2.73. The molecule has 8 nitrogen and oxygen atoms in total. The number of pyridine rings is 1. The molecule has 0 bridgehead atoms. The van der Waals surface area contributed by atoms with Crippen LogP contribution in [0.15, 0.2) is 60.9 Å². The minimum Gasteiger partial charge on any atom is -0.431 e. The second-order valence-corrected chi connectivity index (χ2v) is 6.85. The van der Waals surface area contributed by atoms with E-state index in [0.717, 1.165) is 22.2 Å². The van der Waals surface area contributed by atoms with Crippen molar-refractivity contribution in [2.24, 2.45) is 0 Å². The van der Waals surface area contributed by atoms with Crippen LogP contribution in [-0.4, -0.2) is 19.9 Å². The lowest BCUT2D eigenvalue weighted by Crippen LogP contribution is -2.07. The molecule has 1 N–H and O–H groups in total. The number of anilines is 1. The van der Waals surface area contributed by atoms with Gasteiger partial charge in [-0.15, -0.1) is 0 Å². The molecular formula is C22H19N5O3. The molecule has 0 fully saturated rings. The van der Waals surface area contributed by atoms with E-state index >= 15 is 0 Å². The number of ether oxygens (including phenoxy) is 1. The summed E-state index contributed by atoms with van der Waals surface area (Å²) in [5.74, 6) is 0.342. The van der Waals surface area contributed by atoms with Crippen molar-refractivity contribution in [1.82, 2.24) is 15.0 Å². The molecule has 30 heavy (non-hydrogen) atoms. The highest BCUT2D eigenvalue weighted by Crippen LogP contribution is 2.36. The van der Waals surface area contributed by atoms with E-state index in [1.165, 1.54) is 6.33 Å². The summed E-state index contributed by atoms with van der Waals surface area (Å²) in [5, 5.41) is 15.7. The maximum Gasteiger partial charge on any atom is 0.373 e. The van der Waals surface area contributed by atoms with Gasteiger partial charge in [0.05, 0.1) is 4.92 Å². The van der Waals surface area contributed by atoms with Crippen molar-refractivity contribution >= 4 is 22.4 Å². The monoisotopic (exact) mass is 401 g/mol. The lowest BCUT2D eigenvalue weighted by Gasteiger charge is -2.11. The number of hydrogen-bond acceptors (Lipinski definition) is 7. The number of rotatable bonds is 6. The second kappa shape index (κ2) is 8.12. The van der Waals surface area contributed by atoms with E-state index in [4.69, 9.17) is 4.74 Å². The maximum absolute atomic E-state index is 11.8. The lowest BCUT2D eigenvalue weighted by molar-refractivity contribution is -0.385. The number of nitro groups is 1. The molecule has 2 aromatic heterocycles. The average molecular weight is 401 g/mol. The van der Waals surface area contributed by atoms with Crippen LogP contribution in [0.25, 0.3) is 10.9 Å². The molecule has 0 saturated heterocycles. The highest BCUT2D eigenvalue weighted by molar-refractivity contribution is 5.85. The van der Waals surface area contributed by atoms with Gasteiger partial charge in [-0.2, -0.15) is 4.98 Å². The molecule has 0 spiro atoms. The molecule has 0 unspecified atom stereocenters. The van der Waals surface area contributed by atoms with Crippen LogP contribution in [0.5, 0.6) is 11.6 Å². The number of fused-ring (bicyclic) bond motifs is 1. The molecule has 0 aliphatic carbocycles. The normalized spacial score (nSPS) is 10.7. The van der Waals surface area contributed by atoms with Crippen LogP contribution in [0.1, 0.15) is 16.8 Å². The Morgan fingerprint density at radius 1 is 1.03 bits per heavy atom. The van der Waals surface area contributed by atoms with Gasteiger partial charge in [0.2, 0.25) is 5.82 Å². The van der Waals surface area contributed by atoms with Gasteiger partial charge in [-0.3, -0.25) is 10.1 Å². The zero-order valence-corrected chi connectivity index (χ0v) is 16.5. The Bertz CT molecular complexity index is 1230. The fourth-order valence-electron chi connectivity index (χ4n) is 3.03. The van der Waals surface area contributed by atoms with Crippen LogP contribution in [0, 0.1) is 24.0 Å². The van der Waals surface area contributed by atoms with Crippen molar-refractivity contribution < 1.29 is 9.66 Å². The summed E-state index contributed by atoms with van der Waals surface area (Å²) in [6, 6.07) is 17.1. The number of hydrogen-bond donors (Lipinski definition) is 1. The lowest BCUT2D eigenvalue weighted by atomic mass is 10.1. The summed E-state index contributed by atoms with van der Waals surface area (Å²) in [6.45, 7) is 4.25. The van der Waals surface area contributed by atoms with Gasteiger partial charge < -0.3 is 10.1 Å². The summed E-state index contributed by atoms with van der Waals surface area (Å²) in [6.07, 6.45) is 1.24. The van der Waals surface area contributed by atoms with Crippen molar-refractivity contribution in [3.05, 3.63) is 87.9 Å². The van der Waals surface area contributed by atoms with Crippen molar-refractivity contribution in [1.29, 1.82) is 0 Å². The van der Waals surface area contributed by atoms with E-state index in [9.17, 15) is 10.1 Å². The molecule has 0 radical (unpaired) electrons. The Morgan fingerprint density at radius 2 is 1.83 bits per heavy atom. The van der Waals surface area contributed by atoms with Crippen LogP contribution in [0.4, 0.5) is 11.5 Å². The first kappa shape index (κ1) is 19.3. The number of nitrogens with zero attached hydrogens (tertiary/aromatic N) is 4. The smallest absolute Gasteiger partial charge is 0.373 e. The van der Waals surface area contributed by atoms with Crippen LogP contribution in [0.3, 0.4) is 0 Å². The van der Waals surface area contributed by atoms with Gasteiger partial charge in [0, 0.05) is 17.6 Å². The standard InChI is InChI=1S/C22H19N5O3/c1-14-6-9-16(10-7-14)12-23-21-20(27(28)29)22(25-13-24-21)30-18-5-3-4-17-11-8-15(2)26-19(17)18/h3-11,13H,12H2,1-2H3,(H,23,24,25). The molecule has 0 saturated carbocycles. The Morgan fingerprint density at radius 3 is 2.60 bits per heavy atom. The molecule has 2 heterocycles. The van der Waals surface area contributed by atoms with Gasteiger partial charge in [-0.05, 0) is 31.5 Å². The van der Waals surface area contributed by atoms with E-state index in [0.29, 0.717) is 17.8 Å². The molecule has 4 aromatic rings. The molecule has 4 rings (SSSR count). The van der Waals surface area contributed by atoms with Crippen LogP contribution in [-0.2, 0) is 6.54 Å². The third kappa shape index (κ3) is 4.02. The zero-order chi connectivity index (χ0) is 21.1. The van der Waals surface area contributed by atoms with E-state index in [1.54, 1.807) is 12.1 Å². The summed E-state index contributed by atoms with van der Waals surface area (Å²) in [5.41, 5.74) is 3.22. The predicted octanol–water partition coefficient (Wildman–Crippen LogP) is 4.95. The van der Waals surface area contributed by atoms with Crippen LogP contribution >= 0.6 is 0 Å². The van der Waals surface area contributed by atoms with Crippen molar-refractivity contribution in [2.45, 2.75) is 20.4 Å². The number of para-hydroxylation sites is 1. The fourth-order valence-corrected chi connectivity index (χ4v) is 3.03. The van der Waals surface area contributed by atoms with E-state index in [1.807, 2.05) is 56.3 Å². The van der Waals surface area contributed by atoms with Crippen molar-refractivity contribution in [3.8, 4) is 11.6 Å². The largest absolute Gasteiger partial charge is 0.431 e. The first-order valence-electron chi connectivity index (χ1n) is 9.34. The SMILES string of the molecule is Cc1ccc(CNc2ncnc(Oc3cccc4ccc(C)nc34)c2[N+](=O)[O-])cc1. The highest BCUT2D eigenvalue weighted by Gasteiger charge is 2.25. The van der Waals surface area contributed by atoms with E-state index in [2.05, 4.69) is 20.3 Å². The maximum atomic E-state index is 11.8. The van der Waals surface area contributed by atoms with Gasteiger partial charge in [0.25, 0.3) is 0 Å². The van der Waals surface area contributed by atoms with Crippen molar-refractivity contribution in [2.75, 3.05) is 5.32 Å². The third-order valence-corrected chi connectivity index (χ3v) is 4.58. The Balaban J connectivity index is 1.67. The van der Waals surface area contributed by atoms with Crippen molar-refractivity contribution in [3.63, 3.8) is 0 Å². The predicted molar refractivity (Wildman–Crippen MR) is 114 cm³/mol. The topological polar surface area (TPSA) is 103 Å². The molecule has 0 amide bonds. The van der Waals surface area contributed by atoms with Gasteiger partial charge in [-0.25, -0.2) is 9.97 Å². The van der Waals surface area contributed by atoms with E-state index in [-0.39, 0.29) is 17.4 Å². The number of benzene rings is 2. The number of nitrogens with one attached hydrogen (secondary N) is 1. The summed E-state index contributed by atoms with van der Waals surface area (Å²) < 4.78 is 5.85. The Hall–Kier alpha value is -4.07. The first-order valence-corrected chi connectivity index (χ1v) is 9.34. The highest BCUT2D eigenvalue weighted by atomic mass is 16.6. The molecule has 0 aliphatic rings. The van der Waals surface area contributed by atoms with Crippen LogP contribution < -0.4 is 10.1 Å². The molecule has 8 heteroatoms. The number of aromatic nitrogens is 3. The summed E-state index contributed by atoms with van der Waals surface area (Å²) in [7, 11) is 0. The van der Waals surface area contributed by atoms with Gasteiger partial charge in [-0.1, -0.05) is 48.0 Å². The second-order valence-electron chi connectivity index (χ2n) is 6.85. The molecule has 0 atom stereocenters. The summed E-state index contributed by atoms with van der Waals surface area (Å²) in [4.78, 5) is 23.8. The zero-order valence-electron chi connectivity index (χ0n) is 16.5. The Labute approximate surface area is 172 Å². The van der Waals surface area contributed by atoms with Gasteiger partial charge in [0.1, 0.15) is 11.8 Å². The first-order chi connectivity index (χ1) is 14.5.